The zero-order chi connectivity index (χ0) is 14.4. The largest absolute Gasteiger partial charge is 0.389 e. The maximum Gasteiger partial charge on any atom is 0.0967 e. The van der Waals surface area contributed by atoms with Gasteiger partial charge in [-0.1, -0.05) is 30.3 Å². The molecule has 1 unspecified atom stereocenters. The smallest absolute Gasteiger partial charge is 0.0967 e. The van der Waals surface area contributed by atoms with Crippen LogP contribution in [0.15, 0.2) is 36.5 Å². The molecule has 5 heteroatoms. The Labute approximate surface area is 119 Å². The Morgan fingerprint density at radius 1 is 1.35 bits per heavy atom. The average Bonchev–Trinajstić information content (AvgIpc) is 2.81. The minimum atomic E-state index is -0.489. The summed E-state index contributed by atoms with van der Waals surface area (Å²) in [6.07, 6.45) is 1.51. The third kappa shape index (κ3) is 3.90. The highest BCUT2D eigenvalue weighted by molar-refractivity contribution is 5.62. The molecule has 1 aromatic carbocycles. The number of nitrogens with one attached hydrogen (secondary N) is 1. The van der Waals surface area contributed by atoms with Gasteiger partial charge in [0.25, 0.3) is 0 Å². The van der Waals surface area contributed by atoms with Gasteiger partial charge in [0.2, 0.25) is 0 Å². The van der Waals surface area contributed by atoms with Gasteiger partial charge in [0.05, 0.1) is 18.4 Å². The SMILES string of the molecule is COCC(O)CNCc1cn(C)nc1-c1ccccc1. The first kappa shape index (κ1) is 14.7. The van der Waals surface area contributed by atoms with Gasteiger partial charge >= 0.3 is 0 Å². The molecule has 1 aromatic heterocycles. The number of methoxy groups -OCH3 is 1. The van der Waals surface area contributed by atoms with E-state index in [-0.39, 0.29) is 0 Å². The lowest BCUT2D eigenvalue weighted by Crippen LogP contribution is -2.29. The lowest BCUT2D eigenvalue weighted by molar-refractivity contribution is 0.0644. The zero-order valence-electron chi connectivity index (χ0n) is 11.9. The van der Waals surface area contributed by atoms with Crippen molar-refractivity contribution in [1.82, 2.24) is 15.1 Å². The molecule has 1 heterocycles. The van der Waals surface area contributed by atoms with Crippen LogP contribution >= 0.6 is 0 Å². The minimum Gasteiger partial charge on any atom is -0.389 e. The molecule has 0 radical (unpaired) electrons. The van der Waals surface area contributed by atoms with E-state index in [1.165, 1.54) is 0 Å². The molecule has 2 aromatic rings. The van der Waals surface area contributed by atoms with Crippen molar-refractivity contribution in [1.29, 1.82) is 0 Å². The highest BCUT2D eigenvalue weighted by Crippen LogP contribution is 2.21. The van der Waals surface area contributed by atoms with Crippen LogP contribution < -0.4 is 5.32 Å². The number of aryl methyl sites for hydroxylation is 1. The molecule has 0 bridgehead atoms. The summed E-state index contributed by atoms with van der Waals surface area (Å²) in [5.41, 5.74) is 3.19. The molecule has 0 aliphatic rings. The maximum absolute atomic E-state index is 9.61. The Balaban J connectivity index is 2.02. The van der Waals surface area contributed by atoms with Gasteiger partial charge in [-0.3, -0.25) is 4.68 Å². The van der Waals surface area contributed by atoms with E-state index in [4.69, 9.17) is 4.74 Å². The van der Waals surface area contributed by atoms with Crippen molar-refractivity contribution in [2.24, 2.45) is 7.05 Å². The van der Waals surface area contributed by atoms with E-state index in [0.717, 1.165) is 16.8 Å². The van der Waals surface area contributed by atoms with E-state index >= 15 is 0 Å². The number of aromatic nitrogens is 2. The maximum atomic E-state index is 9.61. The standard InChI is InChI=1S/C15H21N3O2/c1-18-10-13(8-16-9-14(19)11-20-2)15(17-18)12-6-4-3-5-7-12/h3-7,10,14,16,19H,8-9,11H2,1-2H3. The molecule has 0 saturated heterocycles. The Morgan fingerprint density at radius 2 is 2.10 bits per heavy atom. The van der Waals surface area contributed by atoms with E-state index in [9.17, 15) is 5.11 Å². The highest BCUT2D eigenvalue weighted by Gasteiger charge is 2.10. The molecule has 1 atom stereocenters. The molecule has 20 heavy (non-hydrogen) atoms. The van der Waals surface area contributed by atoms with Crippen LogP contribution in [-0.2, 0) is 18.3 Å². The molecule has 0 aliphatic carbocycles. The number of nitrogens with zero attached hydrogens (tertiary/aromatic N) is 2. The molecule has 0 aliphatic heterocycles. The third-order valence-corrected chi connectivity index (χ3v) is 3.01. The van der Waals surface area contributed by atoms with Gasteiger partial charge in [-0.05, 0) is 0 Å². The first-order valence-corrected chi connectivity index (χ1v) is 6.66. The summed E-state index contributed by atoms with van der Waals surface area (Å²) in [5, 5.41) is 17.3. The van der Waals surface area contributed by atoms with E-state index in [1.54, 1.807) is 7.11 Å². The number of aliphatic hydroxyl groups is 1. The summed E-state index contributed by atoms with van der Waals surface area (Å²) >= 11 is 0. The highest BCUT2D eigenvalue weighted by atomic mass is 16.5. The first-order chi connectivity index (χ1) is 9.70. The van der Waals surface area contributed by atoms with Crippen LogP contribution in [-0.4, -0.2) is 41.3 Å². The number of hydrogen-bond acceptors (Lipinski definition) is 4. The van der Waals surface area contributed by atoms with Crippen LogP contribution in [0.3, 0.4) is 0 Å². The molecule has 0 saturated carbocycles. The van der Waals surface area contributed by atoms with E-state index in [2.05, 4.69) is 10.4 Å². The second-order valence-corrected chi connectivity index (χ2v) is 4.78. The topological polar surface area (TPSA) is 59.3 Å². The molecule has 0 spiro atoms. The molecular formula is C15H21N3O2. The quantitative estimate of drug-likeness (QED) is 0.797. The fraction of sp³-hybridized carbons (Fsp3) is 0.400. The molecule has 2 rings (SSSR count). The van der Waals surface area contributed by atoms with Crippen molar-refractivity contribution in [3.63, 3.8) is 0 Å². The molecule has 0 amide bonds. The fourth-order valence-electron chi connectivity index (χ4n) is 2.13. The van der Waals surface area contributed by atoms with Crippen LogP contribution in [0.4, 0.5) is 0 Å². The van der Waals surface area contributed by atoms with Crippen molar-refractivity contribution in [3.8, 4) is 11.3 Å². The van der Waals surface area contributed by atoms with E-state index in [1.807, 2.05) is 48.3 Å². The van der Waals surface area contributed by atoms with E-state index in [0.29, 0.717) is 19.7 Å². The number of rotatable bonds is 7. The van der Waals surface area contributed by atoms with Crippen LogP contribution in [0.25, 0.3) is 11.3 Å². The van der Waals surface area contributed by atoms with Crippen molar-refractivity contribution < 1.29 is 9.84 Å². The van der Waals surface area contributed by atoms with Crippen molar-refractivity contribution in [3.05, 3.63) is 42.1 Å². The van der Waals surface area contributed by atoms with Crippen LogP contribution in [0.2, 0.25) is 0 Å². The van der Waals surface area contributed by atoms with Gasteiger partial charge in [0.1, 0.15) is 0 Å². The minimum absolute atomic E-state index is 0.339. The second kappa shape index (κ2) is 7.19. The summed E-state index contributed by atoms with van der Waals surface area (Å²) in [4.78, 5) is 0. The Morgan fingerprint density at radius 3 is 2.80 bits per heavy atom. The predicted octanol–water partition coefficient (Wildman–Crippen LogP) is 1.18. The summed E-state index contributed by atoms with van der Waals surface area (Å²) < 4.78 is 6.71. The predicted molar refractivity (Wildman–Crippen MR) is 78.2 cm³/mol. The van der Waals surface area contributed by atoms with Gasteiger partial charge in [0.15, 0.2) is 0 Å². The second-order valence-electron chi connectivity index (χ2n) is 4.78. The molecular weight excluding hydrogens is 254 g/mol. The summed E-state index contributed by atoms with van der Waals surface area (Å²) in [6.45, 7) is 1.50. The van der Waals surface area contributed by atoms with E-state index < -0.39 is 6.10 Å². The summed E-state index contributed by atoms with van der Waals surface area (Å²) in [7, 11) is 3.49. The van der Waals surface area contributed by atoms with Crippen LogP contribution in [0, 0.1) is 0 Å². The average molecular weight is 275 g/mol. The normalized spacial score (nSPS) is 12.6. The van der Waals surface area contributed by atoms with Crippen LogP contribution in [0.1, 0.15) is 5.56 Å². The lowest BCUT2D eigenvalue weighted by atomic mass is 10.1. The molecule has 0 fully saturated rings. The molecule has 2 N–H and O–H groups in total. The van der Waals surface area contributed by atoms with Gasteiger partial charge in [-0.25, -0.2) is 0 Å². The van der Waals surface area contributed by atoms with Gasteiger partial charge < -0.3 is 15.2 Å². The molecule has 5 nitrogen and oxygen atoms in total. The summed E-state index contributed by atoms with van der Waals surface area (Å²) in [6, 6.07) is 10.1. The number of ether oxygens (including phenoxy) is 1. The van der Waals surface area contributed by atoms with Gasteiger partial charge in [-0.15, -0.1) is 0 Å². The van der Waals surface area contributed by atoms with Gasteiger partial charge in [0, 0.05) is 44.6 Å². The Kier molecular flexibility index (Phi) is 5.29. The lowest BCUT2D eigenvalue weighted by Gasteiger charge is -2.10. The van der Waals surface area contributed by atoms with Gasteiger partial charge in [-0.2, -0.15) is 5.10 Å². The Bertz CT molecular complexity index is 525. The first-order valence-electron chi connectivity index (χ1n) is 6.66. The third-order valence-electron chi connectivity index (χ3n) is 3.01. The zero-order valence-corrected chi connectivity index (χ0v) is 11.9. The van der Waals surface area contributed by atoms with Crippen molar-refractivity contribution in [2.45, 2.75) is 12.6 Å². The van der Waals surface area contributed by atoms with Crippen molar-refractivity contribution in [2.75, 3.05) is 20.3 Å². The number of hydrogen-bond donors (Lipinski definition) is 2. The summed E-state index contributed by atoms with van der Waals surface area (Å²) in [5.74, 6) is 0. The Hall–Kier alpha value is -1.69. The number of benzene rings is 1. The van der Waals surface area contributed by atoms with Crippen molar-refractivity contribution >= 4 is 0 Å². The van der Waals surface area contributed by atoms with Crippen LogP contribution in [0.5, 0.6) is 0 Å². The monoisotopic (exact) mass is 275 g/mol. The fourth-order valence-corrected chi connectivity index (χ4v) is 2.13. The molecule has 108 valence electrons. The number of aliphatic hydroxyl groups excluding tert-OH is 1.